The van der Waals surface area contributed by atoms with E-state index in [0.29, 0.717) is 38.9 Å². The minimum Gasteiger partial charge on any atom is -0.444 e. The van der Waals surface area contributed by atoms with E-state index in [1.165, 1.54) is 0 Å². The van der Waals surface area contributed by atoms with Crippen LogP contribution in [0.1, 0.15) is 64.5 Å². The summed E-state index contributed by atoms with van der Waals surface area (Å²) in [5.74, 6) is 0.0598. The Morgan fingerprint density at radius 1 is 0.700 bits per heavy atom. The quantitative estimate of drug-likeness (QED) is 0.375. The lowest BCUT2D eigenvalue weighted by atomic mass is 10.0. The maximum Gasteiger partial charge on any atom is 0.412 e. The van der Waals surface area contributed by atoms with Crippen molar-refractivity contribution in [1.82, 2.24) is 9.80 Å². The molecule has 2 fully saturated rings. The highest BCUT2D eigenvalue weighted by Gasteiger charge is 2.46. The van der Waals surface area contributed by atoms with Crippen LogP contribution in [0.15, 0.2) is 60.7 Å². The smallest absolute Gasteiger partial charge is 0.412 e. The number of Topliss-reactive ketones (excluding diaryl/α,β-unsaturated/α-hetero) is 1. The van der Waals surface area contributed by atoms with Crippen LogP contribution in [0.3, 0.4) is 0 Å². The van der Waals surface area contributed by atoms with Gasteiger partial charge in [-0.3, -0.25) is 14.6 Å². The van der Waals surface area contributed by atoms with Gasteiger partial charge in [0.15, 0.2) is 0 Å². The molecule has 2 aliphatic heterocycles. The van der Waals surface area contributed by atoms with E-state index in [9.17, 15) is 14.4 Å². The molecule has 2 heterocycles. The predicted molar refractivity (Wildman–Crippen MR) is 148 cm³/mol. The van der Waals surface area contributed by atoms with Gasteiger partial charge in [-0.2, -0.15) is 0 Å². The van der Waals surface area contributed by atoms with Gasteiger partial charge in [-0.15, -0.1) is 0 Å². The van der Waals surface area contributed by atoms with E-state index in [1.54, 1.807) is 9.80 Å². The van der Waals surface area contributed by atoms with Crippen LogP contribution in [0.2, 0.25) is 0 Å². The van der Waals surface area contributed by atoms with Crippen LogP contribution in [-0.2, 0) is 37.0 Å². The van der Waals surface area contributed by atoms with Crippen LogP contribution in [0.25, 0.3) is 0 Å². The summed E-state index contributed by atoms with van der Waals surface area (Å²) in [5, 5.41) is 0. The van der Waals surface area contributed by atoms with Gasteiger partial charge in [0.25, 0.3) is 0 Å². The molecule has 0 bridgehead atoms. The number of hydrogen-bond donors (Lipinski definition) is 0. The fourth-order valence-corrected chi connectivity index (χ4v) is 5.29. The topological polar surface area (TPSA) is 94.6 Å². The van der Waals surface area contributed by atoms with Crippen molar-refractivity contribution in [2.75, 3.05) is 13.2 Å². The number of rotatable bonds is 10. The van der Waals surface area contributed by atoms with Gasteiger partial charge in [-0.1, -0.05) is 60.7 Å². The molecular weight excluding hydrogens is 512 g/mol. The summed E-state index contributed by atoms with van der Waals surface area (Å²) in [7, 11) is 0. The van der Waals surface area contributed by atoms with Crippen molar-refractivity contribution in [3.05, 3.63) is 71.8 Å². The molecule has 0 N–H and O–H groups in total. The van der Waals surface area contributed by atoms with E-state index in [0.717, 1.165) is 11.1 Å². The number of nitrogens with zero attached hydrogens (tertiary/aromatic N) is 2. The molecule has 0 saturated carbocycles. The van der Waals surface area contributed by atoms with Gasteiger partial charge in [0.05, 0.1) is 25.3 Å². The Bertz CT molecular complexity index is 1060. The fourth-order valence-electron chi connectivity index (χ4n) is 5.29. The van der Waals surface area contributed by atoms with Crippen molar-refractivity contribution in [1.29, 1.82) is 0 Å². The third kappa shape index (κ3) is 7.40. The molecule has 0 aromatic heterocycles. The first-order valence-corrected chi connectivity index (χ1v) is 13.9. The van der Waals surface area contributed by atoms with Crippen molar-refractivity contribution in [2.24, 2.45) is 0 Å². The standard InChI is InChI=1S/C31H40N2O7/c1-30(2)32(28(35)37-19-23-11-7-5-8-12-23)25(21-39-30)15-17-27(34)18-16-26-22-40-31(3,4)33(26)29(36)38-20-24-13-9-6-10-14-24/h5-14,25-26H,15-22H2,1-4H3/t25-,26-/m0/s1. The normalized spacial score (nSPS) is 21.3. The molecule has 0 aliphatic carbocycles. The summed E-state index contributed by atoms with van der Waals surface area (Å²) in [6, 6.07) is 18.5. The van der Waals surface area contributed by atoms with Crippen molar-refractivity contribution in [2.45, 2.75) is 90.1 Å². The van der Waals surface area contributed by atoms with Gasteiger partial charge < -0.3 is 18.9 Å². The SMILES string of the molecule is CC1(C)OC[C@H](CCC(=O)CC[C@H]2COC(C)(C)N2C(=O)OCc2ccccc2)N1C(=O)OCc1ccccc1. The molecule has 2 atom stereocenters. The van der Waals surface area contributed by atoms with E-state index in [4.69, 9.17) is 18.9 Å². The van der Waals surface area contributed by atoms with E-state index in [1.807, 2.05) is 88.4 Å². The first-order valence-electron chi connectivity index (χ1n) is 13.9. The van der Waals surface area contributed by atoms with Crippen LogP contribution in [0, 0.1) is 0 Å². The summed E-state index contributed by atoms with van der Waals surface area (Å²) in [6.45, 7) is 8.32. The maximum atomic E-state index is 13.0. The lowest BCUT2D eigenvalue weighted by molar-refractivity contribution is -0.119. The van der Waals surface area contributed by atoms with Crippen LogP contribution >= 0.6 is 0 Å². The number of benzene rings is 2. The zero-order valence-corrected chi connectivity index (χ0v) is 23.8. The highest BCUT2D eigenvalue weighted by molar-refractivity contribution is 5.78. The number of ether oxygens (including phenoxy) is 4. The van der Waals surface area contributed by atoms with Gasteiger partial charge in [0.1, 0.15) is 30.4 Å². The zero-order chi connectivity index (χ0) is 28.8. The number of carbonyl (C=O) groups is 3. The van der Waals surface area contributed by atoms with Crippen LogP contribution in [0.5, 0.6) is 0 Å². The van der Waals surface area contributed by atoms with E-state index in [2.05, 4.69) is 0 Å². The monoisotopic (exact) mass is 552 g/mol. The van der Waals surface area contributed by atoms with Gasteiger partial charge in [-0.25, -0.2) is 9.59 Å². The number of amides is 2. The summed E-state index contributed by atoms with van der Waals surface area (Å²) in [6.07, 6.45) is 0.609. The number of carbonyl (C=O) groups excluding carboxylic acids is 3. The molecule has 2 aromatic carbocycles. The van der Waals surface area contributed by atoms with Crippen LogP contribution in [0.4, 0.5) is 9.59 Å². The van der Waals surface area contributed by atoms with Gasteiger partial charge in [0.2, 0.25) is 0 Å². The Labute approximate surface area is 236 Å². The average Bonchev–Trinajstić information content (AvgIpc) is 3.42. The van der Waals surface area contributed by atoms with Crippen molar-refractivity contribution in [3.8, 4) is 0 Å². The van der Waals surface area contributed by atoms with E-state index in [-0.39, 0.29) is 31.1 Å². The summed E-state index contributed by atoms with van der Waals surface area (Å²) in [5.41, 5.74) is 0.152. The lowest BCUT2D eigenvalue weighted by Gasteiger charge is -2.33. The molecule has 0 spiro atoms. The Hall–Kier alpha value is -3.43. The lowest BCUT2D eigenvalue weighted by Crippen LogP contribution is -2.48. The molecule has 4 rings (SSSR count). The highest BCUT2D eigenvalue weighted by Crippen LogP contribution is 2.32. The van der Waals surface area contributed by atoms with Crippen LogP contribution < -0.4 is 0 Å². The zero-order valence-electron chi connectivity index (χ0n) is 23.8. The first-order chi connectivity index (χ1) is 19.1. The molecule has 9 heteroatoms. The summed E-state index contributed by atoms with van der Waals surface area (Å²) in [4.78, 5) is 42.0. The van der Waals surface area contributed by atoms with Gasteiger partial charge in [-0.05, 0) is 51.7 Å². The molecule has 40 heavy (non-hydrogen) atoms. The average molecular weight is 553 g/mol. The number of hydrogen-bond acceptors (Lipinski definition) is 7. The molecule has 9 nitrogen and oxygen atoms in total. The molecule has 2 amide bonds. The molecule has 2 aliphatic rings. The second-order valence-corrected chi connectivity index (χ2v) is 11.3. The molecule has 216 valence electrons. The van der Waals surface area contributed by atoms with E-state index < -0.39 is 23.6 Å². The molecule has 0 unspecified atom stereocenters. The largest absolute Gasteiger partial charge is 0.444 e. The third-order valence-corrected chi connectivity index (χ3v) is 7.46. The Kier molecular flexibility index (Phi) is 9.48. The second kappa shape index (κ2) is 12.8. The predicted octanol–water partition coefficient (Wildman–Crippen LogP) is 5.66. The number of ketones is 1. The van der Waals surface area contributed by atoms with Gasteiger partial charge in [0, 0.05) is 12.8 Å². The van der Waals surface area contributed by atoms with E-state index >= 15 is 0 Å². The minimum atomic E-state index is -0.825. The van der Waals surface area contributed by atoms with Crippen LogP contribution in [-0.4, -0.2) is 64.5 Å². The first kappa shape index (κ1) is 29.6. The Morgan fingerprint density at radius 3 is 1.45 bits per heavy atom. The summed E-state index contributed by atoms with van der Waals surface area (Å²) < 4.78 is 22.9. The summed E-state index contributed by atoms with van der Waals surface area (Å²) >= 11 is 0. The molecule has 0 radical (unpaired) electrons. The highest BCUT2D eigenvalue weighted by atomic mass is 16.6. The van der Waals surface area contributed by atoms with Crippen molar-refractivity contribution in [3.63, 3.8) is 0 Å². The third-order valence-electron chi connectivity index (χ3n) is 7.46. The van der Waals surface area contributed by atoms with Gasteiger partial charge >= 0.3 is 12.2 Å². The molecule has 2 saturated heterocycles. The fraction of sp³-hybridized carbons (Fsp3) is 0.516. The maximum absolute atomic E-state index is 13.0. The molecule has 2 aromatic rings. The second-order valence-electron chi connectivity index (χ2n) is 11.3. The Morgan fingerprint density at radius 2 is 1.07 bits per heavy atom. The molecular formula is C31H40N2O7. The minimum absolute atomic E-state index is 0.0598. The Balaban J connectivity index is 1.26. The van der Waals surface area contributed by atoms with Crippen molar-refractivity contribution < 1.29 is 33.3 Å². The van der Waals surface area contributed by atoms with Crippen molar-refractivity contribution >= 4 is 18.0 Å².